The first-order chi connectivity index (χ1) is 13.6. The van der Waals surface area contributed by atoms with Gasteiger partial charge in [-0.2, -0.15) is 4.31 Å². The molecule has 4 rings (SSSR count). The van der Waals surface area contributed by atoms with E-state index in [4.69, 9.17) is 9.47 Å². The third kappa shape index (κ3) is 3.84. The van der Waals surface area contributed by atoms with Crippen molar-refractivity contribution in [2.24, 2.45) is 0 Å². The van der Waals surface area contributed by atoms with E-state index in [1.54, 1.807) is 6.07 Å². The molecule has 0 radical (unpaired) electrons. The van der Waals surface area contributed by atoms with E-state index in [0.717, 1.165) is 32.1 Å². The Kier molecular flexibility index (Phi) is 5.50. The topological polar surface area (TPSA) is 81.6 Å². The number of methoxy groups -OCH3 is 1. The molecule has 8 heteroatoms. The Balaban J connectivity index is 1.52. The van der Waals surface area contributed by atoms with Crippen molar-refractivity contribution in [2.45, 2.75) is 49.5 Å². The molecule has 2 heterocycles. The van der Waals surface area contributed by atoms with Crippen LogP contribution in [0.15, 0.2) is 35.5 Å². The zero-order valence-corrected chi connectivity index (χ0v) is 16.8. The molecule has 1 saturated heterocycles. The van der Waals surface area contributed by atoms with E-state index in [9.17, 15) is 8.42 Å². The lowest BCUT2D eigenvalue weighted by molar-refractivity contribution is 0.119. The smallest absolute Gasteiger partial charge is 0.278 e. The number of ether oxygens (including phenoxy) is 2. The van der Waals surface area contributed by atoms with Crippen molar-refractivity contribution in [3.8, 4) is 11.8 Å². The Morgan fingerprint density at radius 3 is 2.57 bits per heavy atom. The third-order valence-electron chi connectivity index (χ3n) is 5.40. The minimum Gasteiger partial charge on any atom is -0.477 e. The molecule has 1 aliphatic heterocycles. The molecule has 0 bridgehead atoms. The number of benzene rings is 1. The molecule has 28 heavy (non-hydrogen) atoms. The molecule has 0 saturated carbocycles. The number of rotatable bonds is 5. The van der Waals surface area contributed by atoms with Gasteiger partial charge in [0, 0.05) is 18.9 Å². The number of sulfonamides is 1. The summed E-state index contributed by atoms with van der Waals surface area (Å²) in [6.45, 7) is 0.788. The van der Waals surface area contributed by atoms with Crippen LogP contribution in [0, 0.1) is 0 Å². The lowest BCUT2D eigenvalue weighted by Gasteiger charge is -2.32. The second kappa shape index (κ2) is 8.05. The Hall–Kier alpha value is -2.19. The molecular formula is C20H25N3O4S. The van der Waals surface area contributed by atoms with Crippen molar-refractivity contribution in [1.82, 2.24) is 14.3 Å². The maximum Gasteiger partial charge on any atom is 0.278 e. The molecule has 1 atom stereocenters. The van der Waals surface area contributed by atoms with Crippen LogP contribution in [-0.2, 0) is 22.9 Å². The first kappa shape index (κ1) is 19.1. The van der Waals surface area contributed by atoms with E-state index in [-0.39, 0.29) is 6.10 Å². The van der Waals surface area contributed by atoms with Crippen LogP contribution < -0.4 is 9.47 Å². The molecule has 2 aliphatic rings. The second-order valence-electron chi connectivity index (χ2n) is 7.25. The Morgan fingerprint density at radius 2 is 1.79 bits per heavy atom. The number of hydrogen-bond acceptors (Lipinski definition) is 6. The highest BCUT2D eigenvalue weighted by Crippen LogP contribution is 2.29. The SMILES string of the molecule is COc1nccnc1OC1CCCN(S(=O)(=O)c2ccc3c(c2)CCCC3)C1. The highest BCUT2D eigenvalue weighted by atomic mass is 32.2. The largest absolute Gasteiger partial charge is 0.477 e. The monoisotopic (exact) mass is 403 g/mol. The van der Waals surface area contributed by atoms with Crippen LogP contribution >= 0.6 is 0 Å². The van der Waals surface area contributed by atoms with Gasteiger partial charge >= 0.3 is 0 Å². The lowest BCUT2D eigenvalue weighted by Crippen LogP contribution is -2.44. The van der Waals surface area contributed by atoms with Crippen molar-refractivity contribution >= 4 is 10.0 Å². The van der Waals surface area contributed by atoms with Crippen molar-refractivity contribution in [3.63, 3.8) is 0 Å². The summed E-state index contributed by atoms with van der Waals surface area (Å²) in [6, 6.07) is 5.58. The summed E-state index contributed by atoms with van der Waals surface area (Å²) in [5.41, 5.74) is 2.45. The first-order valence-electron chi connectivity index (χ1n) is 9.71. The van der Waals surface area contributed by atoms with Crippen LogP contribution in [0.25, 0.3) is 0 Å². The normalized spacial score (nSPS) is 20.4. The molecule has 1 aliphatic carbocycles. The lowest BCUT2D eigenvalue weighted by atomic mass is 9.92. The summed E-state index contributed by atoms with van der Waals surface area (Å²) in [7, 11) is -2.05. The maximum absolute atomic E-state index is 13.2. The van der Waals surface area contributed by atoms with Gasteiger partial charge in [0.1, 0.15) is 6.10 Å². The van der Waals surface area contributed by atoms with Gasteiger partial charge in [0.25, 0.3) is 11.8 Å². The standard InChI is InChI=1S/C20H25N3O4S/c1-26-19-20(22-11-10-21-19)27-17-7-4-12-23(14-17)28(24,25)18-9-8-15-5-2-3-6-16(15)13-18/h8-11,13,17H,2-7,12,14H2,1H3. The number of aryl methyl sites for hydroxylation is 2. The van der Waals surface area contributed by atoms with Gasteiger partial charge in [-0.05, 0) is 61.8 Å². The van der Waals surface area contributed by atoms with E-state index in [2.05, 4.69) is 9.97 Å². The van der Waals surface area contributed by atoms with E-state index in [1.165, 1.54) is 41.4 Å². The van der Waals surface area contributed by atoms with Crippen LogP contribution in [0.1, 0.15) is 36.8 Å². The van der Waals surface area contributed by atoms with Crippen molar-refractivity contribution in [3.05, 3.63) is 41.7 Å². The average molecular weight is 404 g/mol. The molecule has 0 amide bonds. The summed E-state index contributed by atoms with van der Waals surface area (Å²) in [5, 5.41) is 0. The van der Waals surface area contributed by atoms with Crippen LogP contribution in [0.5, 0.6) is 11.8 Å². The second-order valence-corrected chi connectivity index (χ2v) is 9.19. The number of hydrogen-bond donors (Lipinski definition) is 0. The molecule has 2 aromatic rings. The van der Waals surface area contributed by atoms with Gasteiger partial charge in [-0.15, -0.1) is 0 Å². The summed E-state index contributed by atoms with van der Waals surface area (Å²) < 4.78 is 39.0. The highest BCUT2D eigenvalue weighted by molar-refractivity contribution is 7.89. The molecule has 0 spiro atoms. The van der Waals surface area contributed by atoms with E-state index >= 15 is 0 Å². The van der Waals surface area contributed by atoms with Gasteiger partial charge in [-0.25, -0.2) is 18.4 Å². The van der Waals surface area contributed by atoms with Gasteiger partial charge in [0.15, 0.2) is 0 Å². The number of nitrogens with zero attached hydrogens (tertiary/aromatic N) is 3. The van der Waals surface area contributed by atoms with Crippen LogP contribution in [0.2, 0.25) is 0 Å². The summed E-state index contributed by atoms with van der Waals surface area (Å²) in [5.74, 6) is 0.597. The molecular weight excluding hydrogens is 378 g/mol. The fraction of sp³-hybridized carbons (Fsp3) is 0.500. The van der Waals surface area contributed by atoms with E-state index < -0.39 is 10.0 Å². The van der Waals surface area contributed by atoms with E-state index in [1.807, 2.05) is 12.1 Å². The minimum atomic E-state index is -3.55. The summed E-state index contributed by atoms with van der Waals surface area (Å²) >= 11 is 0. The van der Waals surface area contributed by atoms with Gasteiger partial charge < -0.3 is 9.47 Å². The Morgan fingerprint density at radius 1 is 1.04 bits per heavy atom. The fourth-order valence-electron chi connectivity index (χ4n) is 3.93. The van der Waals surface area contributed by atoms with Gasteiger partial charge in [0.05, 0.1) is 18.6 Å². The predicted octanol–water partition coefficient (Wildman–Crippen LogP) is 2.60. The van der Waals surface area contributed by atoms with Crippen molar-refractivity contribution < 1.29 is 17.9 Å². The molecule has 1 fully saturated rings. The molecule has 1 unspecified atom stereocenters. The third-order valence-corrected chi connectivity index (χ3v) is 7.26. The summed E-state index contributed by atoms with van der Waals surface area (Å²) in [4.78, 5) is 8.62. The van der Waals surface area contributed by atoms with Crippen LogP contribution in [0.4, 0.5) is 0 Å². The van der Waals surface area contributed by atoms with Crippen molar-refractivity contribution in [2.75, 3.05) is 20.2 Å². The van der Waals surface area contributed by atoms with Gasteiger partial charge in [-0.3, -0.25) is 0 Å². The molecule has 150 valence electrons. The maximum atomic E-state index is 13.2. The quantitative estimate of drug-likeness (QED) is 0.763. The van der Waals surface area contributed by atoms with Crippen molar-refractivity contribution in [1.29, 1.82) is 0 Å². The van der Waals surface area contributed by atoms with Crippen LogP contribution in [0.3, 0.4) is 0 Å². The fourth-order valence-corrected chi connectivity index (χ4v) is 5.49. The number of piperidine rings is 1. The van der Waals surface area contributed by atoms with Crippen LogP contribution in [-0.4, -0.2) is 49.0 Å². The number of fused-ring (bicyclic) bond motifs is 1. The van der Waals surface area contributed by atoms with Gasteiger partial charge in [0.2, 0.25) is 10.0 Å². The van der Waals surface area contributed by atoms with Gasteiger partial charge in [-0.1, -0.05) is 6.07 Å². The molecule has 0 N–H and O–H groups in total. The Labute approximate surface area is 165 Å². The average Bonchev–Trinajstić information content (AvgIpc) is 2.74. The summed E-state index contributed by atoms with van der Waals surface area (Å²) in [6.07, 6.45) is 8.56. The zero-order valence-electron chi connectivity index (χ0n) is 16.0. The zero-order chi connectivity index (χ0) is 19.6. The Bertz CT molecular complexity index is 948. The minimum absolute atomic E-state index is 0.285. The molecule has 1 aromatic carbocycles. The molecule has 1 aromatic heterocycles. The molecule has 7 nitrogen and oxygen atoms in total. The highest BCUT2D eigenvalue weighted by Gasteiger charge is 2.32. The van der Waals surface area contributed by atoms with E-state index in [0.29, 0.717) is 29.7 Å². The number of aromatic nitrogens is 2. The predicted molar refractivity (Wildman–Crippen MR) is 104 cm³/mol. The first-order valence-corrected chi connectivity index (χ1v) is 11.2.